The zero-order valence-electron chi connectivity index (χ0n) is 7.27. The van der Waals surface area contributed by atoms with Crippen molar-refractivity contribution < 1.29 is 4.79 Å². The van der Waals surface area contributed by atoms with Gasteiger partial charge in [-0.25, -0.2) is 9.98 Å². The number of hydrogen-bond donors (Lipinski definition) is 0. The molecule has 3 heteroatoms. The molecule has 1 aromatic rings. The van der Waals surface area contributed by atoms with E-state index in [-0.39, 0.29) is 5.91 Å². The van der Waals surface area contributed by atoms with Gasteiger partial charge in [-0.2, -0.15) is 0 Å². The second kappa shape index (κ2) is 2.48. The number of benzene rings is 1. The van der Waals surface area contributed by atoms with Crippen molar-refractivity contribution in [2.45, 2.75) is 0 Å². The van der Waals surface area contributed by atoms with Gasteiger partial charge in [0.15, 0.2) is 0 Å². The Morgan fingerprint density at radius 3 is 2.93 bits per heavy atom. The van der Waals surface area contributed by atoms with Crippen LogP contribution < -0.4 is 0 Å². The van der Waals surface area contributed by atoms with Crippen molar-refractivity contribution in [3.05, 3.63) is 41.1 Å². The van der Waals surface area contributed by atoms with Crippen LogP contribution in [0.1, 0.15) is 11.1 Å². The molecule has 0 saturated heterocycles. The smallest absolute Gasteiger partial charge is 0.266 e. The molecule has 1 aliphatic heterocycles. The highest BCUT2D eigenvalue weighted by Gasteiger charge is 2.22. The highest BCUT2D eigenvalue weighted by Crippen LogP contribution is 2.27. The third-order valence-electron chi connectivity index (χ3n) is 2.29. The topological polar surface area (TPSA) is 41.8 Å². The highest BCUT2D eigenvalue weighted by atomic mass is 16.1. The summed E-state index contributed by atoms with van der Waals surface area (Å²) < 4.78 is 0. The summed E-state index contributed by atoms with van der Waals surface area (Å²) in [5.41, 5.74) is 3.56. The van der Waals surface area contributed by atoms with Gasteiger partial charge in [0, 0.05) is 5.56 Å². The average Bonchev–Trinajstić information content (AvgIpc) is 2.56. The lowest BCUT2D eigenvalue weighted by Gasteiger charge is -2.03. The van der Waals surface area contributed by atoms with Gasteiger partial charge >= 0.3 is 0 Å². The number of carbonyl (C=O) groups excluding carboxylic acids is 1. The van der Waals surface area contributed by atoms with E-state index in [0.717, 1.165) is 16.8 Å². The molecule has 1 aromatic carbocycles. The summed E-state index contributed by atoms with van der Waals surface area (Å²) in [6.07, 6.45) is 3.19. The molecular formula is C11H6N2O. The van der Waals surface area contributed by atoms with Crippen molar-refractivity contribution >= 4 is 23.9 Å². The first-order chi connectivity index (χ1) is 6.84. The van der Waals surface area contributed by atoms with Crippen molar-refractivity contribution in [2.75, 3.05) is 0 Å². The van der Waals surface area contributed by atoms with Crippen LogP contribution in [0.2, 0.25) is 0 Å². The van der Waals surface area contributed by atoms with E-state index in [4.69, 9.17) is 0 Å². The van der Waals surface area contributed by atoms with Crippen LogP contribution in [0, 0.1) is 0 Å². The van der Waals surface area contributed by atoms with E-state index in [9.17, 15) is 4.79 Å². The van der Waals surface area contributed by atoms with Crippen molar-refractivity contribution in [3.8, 4) is 0 Å². The molecule has 0 atom stereocenters. The fraction of sp³-hybridized carbons (Fsp3) is 0. The first-order valence-corrected chi connectivity index (χ1v) is 4.33. The first kappa shape index (κ1) is 7.38. The van der Waals surface area contributed by atoms with Crippen LogP contribution in [0.25, 0.3) is 6.08 Å². The minimum atomic E-state index is -0.283. The number of hydrogen-bond acceptors (Lipinski definition) is 2. The van der Waals surface area contributed by atoms with E-state index in [1.165, 1.54) is 6.21 Å². The van der Waals surface area contributed by atoms with Crippen LogP contribution in [0.4, 0.5) is 0 Å². The van der Waals surface area contributed by atoms with E-state index in [2.05, 4.69) is 9.98 Å². The summed E-state index contributed by atoms with van der Waals surface area (Å²) in [6.45, 7) is 0. The molecule has 14 heavy (non-hydrogen) atoms. The summed E-state index contributed by atoms with van der Waals surface area (Å²) in [7, 11) is 0. The SMILES string of the molecule is O=C1C=NC2=Cc3ccccc3C2=N1. The number of carbonyl (C=O) groups is 1. The molecule has 2 aliphatic rings. The van der Waals surface area contributed by atoms with Crippen molar-refractivity contribution in [1.82, 2.24) is 0 Å². The first-order valence-electron chi connectivity index (χ1n) is 4.33. The summed E-state index contributed by atoms with van der Waals surface area (Å²) >= 11 is 0. The average molecular weight is 182 g/mol. The molecule has 0 saturated carbocycles. The fourth-order valence-corrected chi connectivity index (χ4v) is 1.67. The van der Waals surface area contributed by atoms with E-state index < -0.39 is 0 Å². The van der Waals surface area contributed by atoms with Gasteiger partial charge in [0.2, 0.25) is 0 Å². The largest absolute Gasteiger partial charge is 0.288 e. The molecule has 0 unspecified atom stereocenters. The lowest BCUT2D eigenvalue weighted by molar-refractivity contribution is -0.111. The molecule has 0 aromatic heterocycles. The van der Waals surface area contributed by atoms with Crippen LogP contribution >= 0.6 is 0 Å². The number of rotatable bonds is 0. The summed E-state index contributed by atoms with van der Waals surface area (Å²) in [5, 5.41) is 0. The Balaban J connectivity index is 2.27. The number of aliphatic imine (C=N–C) groups is 2. The molecule has 3 rings (SSSR count). The van der Waals surface area contributed by atoms with E-state index in [1.54, 1.807) is 0 Å². The van der Waals surface area contributed by atoms with E-state index >= 15 is 0 Å². The quantitative estimate of drug-likeness (QED) is 0.598. The number of fused-ring (bicyclic) bond motifs is 3. The molecular weight excluding hydrogens is 176 g/mol. The Labute approximate surface area is 80.5 Å². The number of nitrogens with zero attached hydrogens (tertiary/aromatic N) is 2. The maximum absolute atomic E-state index is 11.1. The Morgan fingerprint density at radius 2 is 2.00 bits per heavy atom. The third-order valence-corrected chi connectivity index (χ3v) is 2.29. The minimum Gasteiger partial charge on any atom is -0.266 e. The summed E-state index contributed by atoms with van der Waals surface area (Å²) in [5.74, 6) is -0.283. The van der Waals surface area contributed by atoms with Gasteiger partial charge in [-0.05, 0) is 11.6 Å². The van der Waals surface area contributed by atoms with Crippen molar-refractivity contribution in [2.24, 2.45) is 9.98 Å². The van der Waals surface area contributed by atoms with Gasteiger partial charge in [-0.3, -0.25) is 4.79 Å². The van der Waals surface area contributed by atoms with Crippen LogP contribution in [-0.2, 0) is 4.79 Å². The van der Waals surface area contributed by atoms with Gasteiger partial charge < -0.3 is 0 Å². The molecule has 3 nitrogen and oxygen atoms in total. The highest BCUT2D eigenvalue weighted by molar-refractivity contribution is 6.37. The monoisotopic (exact) mass is 182 g/mol. The normalized spacial score (nSPS) is 17.3. The molecule has 0 fully saturated rings. The standard InChI is InChI=1S/C11H6N2O/c14-10-6-12-9-5-7-3-1-2-4-8(7)11(9)13-10/h1-6H. The molecule has 1 amide bonds. The fourth-order valence-electron chi connectivity index (χ4n) is 1.67. The second-order valence-corrected chi connectivity index (χ2v) is 3.17. The zero-order chi connectivity index (χ0) is 9.54. The van der Waals surface area contributed by atoms with Crippen molar-refractivity contribution in [3.63, 3.8) is 0 Å². The van der Waals surface area contributed by atoms with E-state index in [0.29, 0.717) is 5.71 Å². The maximum Gasteiger partial charge on any atom is 0.288 e. The van der Waals surface area contributed by atoms with Crippen LogP contribution in [0.3, 0.4) is 0 Å². The van der Waals surface area contributed by atoms with Gasteiger partial charge in [-0.1, -0.05) is 24.3 Å². The third kappa shape index (κ3) is 0.893. The van der Waals surface area contributed by atoms with Crippen molar-refractivity contribution in [1.29, 1.82) is 0 Å². The van der Waals surface area contributed by atoms with Gasteiger partial charge in [0.05, 0.1) is 11.9 Å². The predicted molar refractivity (Wildman–Crippen MR) is 54.5 cm³/mol. The molecule has 1 aliphatic carbocycles. The molecule has 66 valence electrons. The molecule has 0 N–H and O–H groups in total. The summed E-state index contributed by atoms with van der Waals surface area (Å²) in [6, 6.07) is 7.83. The Hall–Kier alpha value is -2.03. The Kier molecular flexibility index (Phi) is 1.31. The van der Waals surface area contributed by atoms with Gasteiger partial charge in [0.25, 0.3) is 5.91 Å². The lowest BCUT2D eigenvalue weighted by Crippen LogP contribution is -2.10. The van der Waals surface area contributed by atoms with Crippen LogP contribution in [0.15, 0.2) is 39.9 Å². The van der Waals surface area contributed by atoms with Gasteiger partial charge in [0.1, 0.15) is 5.71 Å². The maximum atomic E-state index is 11.1. The molecule has 1 heterocycles. The van der Waals surface area contributed by atoms with E-state index in [1.807, 2.05) is 30.3 Å². The Morgan fingerprint density at radius 1 is 1.14 bits per heavy atom. The van der Waals surface area contributed by atoms with Gasteiger partial charge in [-0.15, -0.1) is 0 Å². The summed E-state index contributed by atoms with van der Waals surface area (Å²) in [4.78, 5) is 19.0. The predicted octanol–water partition coefficient (Wildman–Crippen LogP) is 1.44. The lowest BCUT2D eigenvalue weighted by atomic mass is 10.1. The van der Waals surface area contributed by atoms with Crippen LogP contribution in [0.5, 0.6) is 0 Å². The molecule has 0 radical (unpaired) electrons. The zero-order valence-corrected chi connectivity index (χ0v) is 7.27. The molecule has 0 spiro atoms. The minimum absolute atomic E-state index is 0.283. The number of amides is 1. The number of allylic oxidation sites excluding steroid dienone is 1. The Bertz CT molecular complexity index is 524. The second-order valence-electron chi connectivity index (χ2n) is 3.17. The van der Waals surface area contributed by atoms with Crippen LogP contribution in [-0.4, -0.2) is 17.8 Å². The molecule has 0 bridgehead atoms.